The van der Waals surface area contributed by atoms with E-state index in [4.69, 9.17) is 4.74 Å². The van der Waals surface area contributed by atoms with Crippen LogP contribution in [0.15, 0.2) is 54.6 Å². The van der Waals surface area contributed by atoms with E-state index in [0.717, 1.165) is 49.0 Å². The first-order valence-electron chi connectivity index (χ1n) is 12.2. The third-order valence-corrected chi connectivity index (χ3v) is 7.90. The highest BCUT2D eigenvalue weighted by Crippen LogP contribution is 2.43. The summed E-state index contributed by atoms with van der Waals surface area (Å²) in [5.41, 5.74) is 4.67. The number of nitriles is 1. The molecule has 2 heterocycles. The normalized spacial score (nSPS) is 28.0. The molecule has 1 saturated carbocycles. The number of aliphatic hydroxyl groups excluding tert-OH is 1. The van der Waals surface area contributed by atoms with Gasteiger partial charge in [0.2, 0.25) is 0 Å². The summed E-state index contributed by atoms with van der Waals surface area (Å²) in [5, 5.41) is 21.8. The Labute approximate surface area is 196 Å². The van der Waals surface area contributed by atoms with Gasteiger partial charge in [0.25, 0.3) is 0 Å². The van der Waals surface area contributed by atoms with Crippen LogP contribution in [0.1, 0.15) is 49.1 Å². The Balaban J connectivity index is 1.55. The van der Waals surface area contributed by atoms with Gasteiger partial charge in [0, 0.05) is 29.7 Å². The number of aliphatic hydroxyl groups is 1. The summed E-state index contributed by atoms with van der Waals surface area (Å²) in [6, 6.07) is 18.7. The van der Waals surface area contributed by atoms with Crippen LogP contribution in [0.5, 0.6) is 0 Å². The summed E-state index contributed by atoms with van der Waals surface area (Å²) in [7, 11) is 0. The van der Waals surface area contributed by atoms with E-state index < -0.39 is 0 Å². The number of nitrogens with zero attached hydrogens (tertiary/aromatic N) is 2. The predicted octanol–water partition coefficient (Wildman–Crippen LogP) is 5.18. The van der Waals surface area contributed by atoms with Crippen LogP contribution < -0.4 is 0 Å². The van der Waals surface area contributed by atoms with Crippen LogP contribution in [0, 0.1) is 29.2 Å². The average molecular weight is 444 g/mol. The number of aromatic nitrogens is 1. The second kappa shape index (κ2) is 9.59. The summed E-state index contributed by atoms with van der Waals surface area (Å²) in [5.74, 6) is 0.860. The van der Waals surface area contributed by atoms with Gasteiger partial charge in [-0.05, 0) is 60.6 Å². The van der Waals surface area contributed by atoms with Crippen molar-refractivity contribution in [3.05, 3.63) is 71.4 Å². The minimum Gasteiger partial charge on any atom is -0.393 e. The van der Waals surface area contributed by atoms with Gasteiger partial charge in [0.15, 0.2) is 6.19 Å². The summed E-state index contributed by atoms with van der Waals surface area (Å²) >= 11 is 0. The summed E-state index contributed by atoms with van der Waals surface area (Å²) in [6.07, 6.45) is 5.49. The number of aromatic amines is 1. The van der Waals surface area contributed by atoms with E-state index >= 15 is 0 Å². The highest BCUT2D eigenvalue weighted by atomic mass is 16.5. The molecule has 2 aliphatic rings. The third-order valence-electron chi connectivity index (χ3n) is 7.90. The second-order valence-corrected chi connectivity index (χ2v) is 9.81. The maximum atomic E-state index is 10.7. The average Bonchev–Trinajstić information content (AvgIpc) is 3.22. The van der Waals surface area contributed by atoms with Gasteiger partial charge in [-0.15, -0.1) is 0 Å². The van der Waals surface area contributed by atoms with E-state index in [-0.39, 0.29) is 18.1 Å². The lowest BCUT2D eigenvalue weighted by Gasteiger charge is -2.42. The predicted molar refractivity (Wildman–Crippen MR) is 129 cm³/mol. The van der Waals surface area contributed by atoms with Crippen molar-refractivity contribution in [3.8, 4) is 6.19 Å². The van der Waals surface area contributed by atoms with E-state index in [1.807, 2.05) is 23.1 Å². The molecule has 0 spiro atoms. The van der Waals surface area contributed by atoms with Crippen molar-refractivity contribution in [3.63, 3.8) is 0 Å². The number of fused-ring (bicyclic) bond motifs is 4. The Morgan fingerprint density at radius 3 is 2.73 bits per heavy atom. The lowest BCUT2D eigenvalue weighted by atomic mass is 9.68. The molecule has 2 aromatic carbocycles. The Morgan fingerprint density at radius 1 is 1.12 bits per heavy atom. The van der Waals surface area contributed by atoms with E-state index in [2.05, 4.69) is 54.5 Å². The molecule has 1 aromatic heterocycles. The van der Waals surface area contributed by atoms with Gasteiger partial charge in [-0.3, -0.25) is 0 Å². The van der Waals surface area contributed by atoms with Crippen LogP contribution in [-0.2, 0) is 17.8 Å². The molecule has 5 heteroatoms. The molecule has 5 atom stereocenters. The lowest BCUT2D eigenvalue weighted by molar-refractivity contribution is -0.0411. The SMILES string of the molecule is C[C@@H]1[C@H]2C[C@H](OCc3ccccc3)c3[nH]c4ccccc4c3CCN(C#N)C[C@@H]2CC[C@@H]1O. The van der Waals surface area contributed by atoms with Gasteiger partial charge in [0.05, 0.1) is 18.8 Å². The monoisotopic (exact) mass is 443 g/mol. The summed E-state index contributed by atoms with van der Waals surface area (Å²) in [6.45, 7) is 4.20. The molecule has 3 aromatic rings. The summed E-state index contributed by atoms with van der Waals surface area (Å²) in [4.78, 5) is 5.61. The van der Waals surface area contributed by atoms with Crippen molar-refractivity contribution in [2.45, 2.75) is 51.4 Å². The van der Waals surface area contributed by atoms with Crippen LogP contribution in [0.25, 0.3) is 10.9 Å². The fraction of sp³-hybridized carbons (Fsp3) is 0.464. The number of benzene rings is 2. The zero-order chi connectivity index (χ0) is 22.8. The Kier molecular flexibility index (Phi) is 6.39. The molecule has 2 N–H and O–H groups in total. The van der Waals surface area contributed by atoms with Crippen LogP contribution >= 0.6 is 0 Å². The van der Waals surface area contributed by atoms with Crippen LogP contribution in [0.2, 0.25) is 0 Å². The number of rotatable bonds is 3. The molecule has 33 heavy (non-hydrogen) atoms. The van der Waals surface area contributed by atoms with Crippen LogP contribution in [0.4, 0.5) is 0 Å². The zero-order valence-electron chi connectivity index (χ0n) is 19.3. The minimum atomic E-state index is -0.290. The fourth-order valence-electron chi connectivity index (χ4n) is 5.97. The largest absolute Gasteiger partial charge is 0.393 e. The van der Waals surface area contributed by atoms with E-state index in [0.29, 0.717) is 25.0 Å². The van der Waals surface area contributed by atoms with Crippen LogP contribution in [-0.4, -0.2) is 34.2 Å². The lowest BCUT2D eigenvalue weighted by Crippen LogP contribution is -2.42. The molecule has 172 valence electrons. The highest BCUT2D eigenvalue weighted by Gasteiger charge is 2.39. The quantitative estimate of drug-likeness (QED) is 0.547. The third kappa shape index (κ3) is 4.51. The molecule has 5 nitrogen and oxygen atoms in total. The molecule has 1 aliphatic heterocycles. The molecule has 1 aliphatic carbocycles. The molecular weight excluding hydrogens is 410 g/mol. The van der Waals surface area contributed by atoms with Crippen molar-refractivity contribution >= 4 is 10.9 Å². The molecule has 0 saturated heterocycles. The van der Waals surface area contributed by atoms with Crippen molar-refractivity contribution in [2.75, 3.05) is 13.1 Å². The number of nitrogens with one attached hydrogen (secondary N) is 1. The van der Waals surface area contributed by atoms with Crippen molar-refractivity contribution < 1.29 is 9.84 Å². The molecule has 0 bridgehead atoms. The highest BCUT2D eigenvalue weighted by molar-refractivity contribution is 5.84. The number of para-hydroxylation sites is 1. The molecule has 5 rings (SSSR count). The van der Waals surface area contributed by atoms with Crippen molar-refractivity contribution in [2.24, 2.45) is 17.8 Å². The van der Waals surface area contributed by atoms with E-state index in [9.17, 15) is 10.4 Å². The van der Waals surface area contributed by atoms with Gasteiger partial charge in [-0.1, -0.05) is 55.5 Å². The van der Waals surface area contributed by atoms with Gasteiger partial charge >= 0.3 is 0 Å². The standard InChI is InChI=1S/C28H33N3O2/c1-19-24-15-27(33-17-20-7-3-2-4-8-20)28-23(22-9-5-6-10-25(22)30-28)13-14-31(18-29)16-21(24)11-12-26(19)32/h2-10,19,21,24,26-27,30,32H,11-17H2,1H3/t19-,21+,24-,26+,27+/m1/s1. The number of hydrogen-bond donors (Lipinski definition) is 2. The first-order valence-corrected chi connectivity index (χ1v) is 12.2. The van der Waals surface area contributed by atoms with Crippen molar-refractivity contribution in [1.29, 1.82) is 5.26 Å². The minimum absolute atomic E-state index is 0.0820. The van der Waals surface area contributed by atoms with Gasteiger partial charge in [-0.25, -0.2) is 0 Å². The van der Waals surface area contributed by atoms with Crippen LogP contribution in [0.3, 0.4) is 0 Å². The number of hydrogen-bond acceptors (Lipinski definition) is 4. The van der Waals surface area contributed by atoms with Gasteiger partial charge in [-0.2, -0.15) is 5.26 Å². The number of H-pyrrole nitrogens is 1. The van der Waals surface area contributed by atoms with E-state index in [1.54, 1.807) is 0 Å². The Bertz CT molecular complexity index is 1120. The van der Waals surface area contributed by atoms with Crippen molar-refractivity contribution in [1.82, 2.24) is 9.88 Å². The smallest absolute Gasteiger partial charge is 0.179 e. The molecule has 1 fully saturated rings. The van der Waals surface area contributed by atoms with E-state index in [1.165, 1.54) is 10.9 Å². The molecule has 0 radical (unpaired) electrons. The molecule has 0 unspecified atom stereocenters. The van der Waals surface area contributed by atoms with Gasteiger partial charge < -0.3 is 19.7 Å². The maximum absolute atomic E-state index is 10.7. The zero-order valence-corrected chi connectivity index (χ0v) is 19.3. The fourth-order valence-corrected chi connectivity index (χ4v) is 5.97. The first kappa shape index (κ1) is 22.0. The van der Waals surface area contributed by atoms with Gasteiger partial charge in [0.1, 0.15) is 0 Å². The Morgan fingerprint density at radius 2 is 1.91 bits per heavy atom. The first-order chi connectivity index (χ1) is 16.1. The second-order valence-electron chi connectivity index (χ2n) is 9.81. The topological polar surface area (TPSA) is 72.3 Å². The maximum Gasteiger partial charge on any atom is 0.179 e. The molecule has 0 amide bonds. The number of ether oxygens (including phenoxy) is 1. The summed E-state index contributed by atoms with van der Waals surface area (Å²) < 4.78 is 6.65. The molecular formula is C28H33N3O2. The Hall–Kier alpha value is -2.81.